The minimum atomic E-state index is 0.0712. The number of halogens is 1. The van der Waals surface area contributed by atoms with Gasteiger partial charge in [-0.1, -0.05) is 30.3 Å². The van der Waals surface area contributed by atoms with Crippen molar-refractivity contribution < 1.29 is 5.11 Å². The molecule has 0 aliphatic carbocycles. The topological polar surface area (TPSA) is 49.2 Å². The molecule has 2 aromatic heterocycles. The van der Waals surface area contributed by atoms with Gasteiger partial charge in [0.05, 0.1) is 12.0 Å². The van der Waals surface area contributed by atoms with Crippen LogP contribution in [0, 0.1) is 0 Å². The monoisotopic (exact) mass is 333 g/mol. The molecule has 0 saturated carbocycles. The quantitative estimate of drug-likeness (QED) is 0.721. The van der Waals surface area contributed by atoms with Crippen LogP contribution in [0.5, 0.6) is 0 Å². The third-order valence-corrected chi connectivity index (χ3v) is 4.56. The van der Waals surface area contributed by atoms with Gasteiger partial charge in [0.25, 0.3) is 0 Å². The first-order valence-electron chi connectivity index (χ1n) is 7.10. The molecule has 114 valence electrons. The molecule has 0 spiro atoms. The standard InChI is InChI=1S/C16H16ClN3OS/c1-2-20(8-9-21)14-13-12(11-6-4-3-5-7-11)10-22-15(13)19-16(17)18-14/h3-7,10,21H,2,8-9H2,1H3. The highest BCUT2D eigenvalue weighted by Gasteiger charge is 2.18. The van der Waals surface area contributed by atoms with E-state index in [-0.39, 0.29) is 11.9 Å². The van der Waals surface area contributed by atoms with Crippen LogP contribution in [-0.2, 0) is 0 Å². The van der Waals surface area contributed by atoms with Gasteiger partial charge in [0.2, 0.25) is 5.28 Å². The Bertz CT molecular complexity index is 776. The summed E-state index contributed by atoms with van der Waals surface area (Å²) in [6.07, 6.45) is 0. The Morgan fingerprint density at radius 3 is 2.68 bits per heavy atom. The Labute approximate surface area is 138 Å². The molecule has 0 aliphatic heterocycles. The highest BCUT2D eigenvalue weighted by atomic mass is 35.5. The first-order valence-corrected chi connectivity index (χ1v) is 8.36. The number of likely N-dealkylation sites (N-methyl/N-ethyl adjacent to an activating group) is 1. The number of anilines is 1. The molecule has 0 atom stereocenters. The Hall–Kier alpha value is -1.69. The summed E-state index contributed by atoms with van der Waals surface area (Å²) in [6.45, 7) is 3.37. The Kier molecular flexibility index (Phi) is 4.57. The Balaban J connectivity index is 2.24. The Morgan fingerprint density at radius 1 is 1.23 bits per heavy atom. The van der Waals surface area contributed by atoms with Gasteiger partial charge in [0.15, 0.2) is 0 Å². The number of aromatic nitrogens is 2. The van der Waals surface area contributed by atoms with Crippen molar-refractivity contribution in [3.8, 4) is 11.1 Å². The second-order valence-corrected chi connectivity index (χ2v) is 6.01. The number of nitrogens with zero attached hydrogens (tertiary/aromatic N) is 3. The van der Waals surface area contributed by atoms with Gasteiger partial charge in [-0.2, -0.15) is 4.98 Å². The van der Waals surface area contributed by atoms with Crippen molar-refractivity contribution in [3.05, 3.63) is 41.0 Å². The van der Waals surface area contributed by atoms with E-state index in [1.807, 2.05) is 30.0 Å². The molecule has 0 fully saturated rings. The fourth-order valence-corrected chi connectivity index (χ4v) is 3.65. The summed E-state index contributed by atoms with van der Waals surface area (Å²) in [5, 5.41) is 12.6. The van der Waals surface area contributed by atoms with Crippen LogP contribution >= 0.6 is 22.9 Å². The van der Waals surface area contributed by atoms with Gasteiger partial charge < -0.3 is 10.0 Å². The number of rotatable bonds is 5. The fraction of sp³-hybridized carbons (Fsp3) is 0.250. The maximum absolute atomic E-state index is 9.29. The number of aliphatic hydroxyl groups is 1. The average Bonchev–Trinajstić information content (AvgIpc) is 2.96. The lowest BCUT2D eigenvalue weighted by Gasteiger charge is -2.22. The van der Waals surface area contributed by atoms with Crippen LogP contribution in [0.2, 0.25) is 5.28 Å². The number of thiophene rings is 1. The number of aliphatic hydroxyl groups excluding tert-OH is 1. The zero-order valence-corrected chi connectivity index (χ0v) is 13.7. The van der Waals surface area contributed by atoms with Crippen molar-refractivity contribution in [3.63, 3.8) is 0 Å². The second-order valence-electron chi connectivity index (χ2n) is 4.82. The molecular formula is C16H16ClN3OS. The molecule has 0 saturated heterocycles. The first kappa shape index (κ1) is 15.2. The number of fused-ring (bicyclic) bond motifs is 1. The summed E-state index contributed by atoms with van der Waals surface area (Å²) in [5.74, 6) is 0.784. The maximum atomic E-state index is 9.29. The number of hydrogen-bond donors (Lipinski definition) is 1. The molecule has 0 aliphatic rings. The molecule has 22 heavy (non-hydrogen) atoms. The van der Waals surface area contributed by atoms with Crippen molar-refractivity contribution >= 4 is 39.0 Å². The zero-order valence-electron chi connectivity index (χ0n) is 12.2. The van der Waals surface area contributed by atoms with Gasteiger partial charge in [0.1, 0.15) is 10.6 Å². The van der Waals surface area contributed by atoms with Crippen molar-refractivity contribution in [2.45, 2.75) is 6.92 Å². The van der Waals surface area contributed by atoms with Crippen molar-refractivity contribution in [2.75, 3.05) is 24.6 Å². The van der Waals surface area contributed by atoms with E-state index >= 15 is 0 Å². The van der Waals surface area contributed by atoms with Gasteiger partial charge in [-0.3, -0.25) is 0 Å². The van der Waals surface area contributed by atoms with Gasteiger partial charge in [-0.05, 0) is 24.1 Å². The van der Waals surface area contributed by atoms with E-state index in [1.54, 1.807) is 11.3 Å². The lowest BCUT2D eigenvalue weighted by Crippen LogP contribution is -2.27. The van der Waals surface area contributed by atoms with E-state index in [2.05, 4.69) is 27.5 Å². The molecule has 2 heterocycles. The van der Waals surface area contributed by atoms with E-state index < -0.39 is 0 Å². The molecule has 0 bridgehead atoms. The van der Waals surface area contributed by atoms with Crippen LogP contribution in [-0.4, -0.2) is 34.8 Å². The summed E-state index contributed by atoms with van der Waals surface area (Å²) in [5.41, 5.74) is 2.23. The zero-order chi connectivity index (χ0) is 15.5. The average molecular weight is 334 g/mol. The molecule has 0 radical (unpaired) electrons. The normalized spacial score (nSPS) is 11.0. The molecule has 0 amide bonds. The second kappa shape index (κ2) is 6.60. The molecule has 3 rings (SSSR count). The highest BCUT2D eigenvalue weighted by Crippen LogP contribution is 2.38. The third-order valence-electron chi connectivity index (χ3n) is 3.52. The smallest absolute Gasteiger partial charge is 0.225 e. The van der Waals surface area contributed by atoms with E-state index in [4.69, 9.17) is 11.6 Å². The van der Waals surface area contributed by atoms with Crippen molar-refractivity contribution in [2.24, 2.45) is 0 Å². The van der Waals surface area contributed by atoms with Crippen molar-refractivity contribution in [1.82, 2.24) is 9.97 Å². The van der Waals surface area contributed by atoms with Gasteiger partial charge in [-0.15, -0.1) is 11.3 Å². The van der Waals surface area contributed by atoms with Crippen LogP contribution in [0.15, 0.2) is 35.7 Å². The summed E-state index contributed by atoms with van der Waals surface area (Å²) in [4.78, 5) is 11.7. The van der Waals surface area contributed by atoms with E-state index in [0.29, 0.717) is 6.54 Å². The number of benzene rings is 1. The molecule has 0 unspecified atom stereocenters. The van der Waals surface area contributed by atoms with Gasteiger partial charge in [0, 0.05) is 24.0 Å². The Morgan fingerprint density at radius 2 is 2.00 bits per heavy atom. The van der Waals surface area contributed by atoms with E-state index in [0.717, 1.165) is 33.7 Å². The number of hydrogen-bond acceptors (Lipinski definition) is 5. The van der Waals surface area contributed by atoms with Crippen molar-refractivity contribution in [1.29, 1.82) is 0 Å². The van der Waals surface area contributed by atoms with E-state index in [9.17, 15) is 5.11 Å². The van der Waals surface area contributed by atoms with E-state index in [1.165, 1.54) is 0 Å². The van der Waals surface area contributed by atoms with Crippen LogP contribution in [0.25, 0.3) is 21.3 Å². The van der Waals surface area contributed by atoms with Crippen LogP contribution < -0.4 is 4.90 Å². The third kappa shape index (κ3) is 2.79. The largest absolute Gasteiger partial charge is 0.395 e. The molecule has 1 aromatic carbocycles. The first-order chi connectivity index (χ1) is 10.7. The van der Waals surface area contributed by atoms with Crippen LogP contribution in [0.4, 0.5) is 5.82 Å². The lowest BCUT2D eigenvalue weighted by molar-refractivity contribution is 0.302. The minimum Gasteiger partial charge on any atom is -0.395 e. The van der Waals surface area contributed by atoms with Crippen LogP contribution in [0.1, 0.15) is 6.92 Å². The molecule has 4 nitrogen and oxygen atoms in total. The molecule has 6 heteroatoms. The summed E-state index contributed by atoms with van der Waals surface area (Å²) < 4.78 is 0. The summed E-state index contributed by atoms with van der Waals surface area (Å²) in [6, 6.07) is 10.2. The maximum Gasteiger partial charge on any atom is 0.225 e. The predicted octanol–water partition coefficient (Wildman–Crippen LogP) is 3.83. The van der Waals surface area contributed by atoms with Crippen LogP contribution in [0.3, 0.4) is 0 Å². The fourth-order valence-electron chi connectivity index (χ4n) is 2.49. The summed E-state index contributed by atoms with van der Waals surface area (Å²) >= 11 is 7.63. The van der Waals surface area contributed by atoms with Gasteiger partial charge in [-0.25, -0.2) is 4.98 Å². The highest BCUT2D eigenvalue weighted by molar-refractivity contribution is 7.17. The predicted molar refractivity (Wildman–Crippen MR) is 92.8 cm³/mol. The minimum absolute atomic E-state index is 0.0712. The molecular weight excluding hydrogens is 318 g/mol. The van der Waals surface area contributed by atoms with Gasteiger partial charge >= 0.3 is 0 Å². The summed E-state index contributed by atoms with van der Waals surface area (Å²) in [7, 11) is 0. The SMILES string of the molecule is CCN(CCO)c1nc(Cl)nc2scc(-c3ccccc3)c12. The molecule has 1 N–H and O–H groups in total. The molecule has 3 aromatic rings. The lowest BCUT2D eigenvalue weighted by atomic mass is 10.1.